The van der Waals surface area contributed by atoms with Crippen LogP contribution in [0, 0.1) is 0 Å². The SMILES string of the molecule is C1CN(SSN2CCOCC2)CCO1.[Zn]. The summed E-state index contributed by atoms with van der Waals surface area (Å²) in [5.74, 6) is 0. The summed E-state index contributed by atoms with van der Waals surface area (Å²) in [4.78, 5) is 0. The summed E-state index contributed by atoms with van der Waals surface area (Å²) in [6.45, 7) is 7.66. The van der Waals surface area contributed by atoms with Gasteiger partial charge in [0.15, 0.2) is 0 Å². The van der Waals surface area contributed by atoms with E-state index in [1.165, 1.54) is 0 Å². The van der Waals surface area contributed by atoms with E-state index in [2.05, 4.69) is 8.61 Å². The third-order valence-electron chi connectivity index (χ3n) is 2.18. The van der Waals surface area contributed by atoms with Crippen molar-refractivity contribution in [2.24, 2.45) is 0 Å². The molecule has 2 rings (SSSR count). The predicted molar refractivity (Wildman–Crippen MR) is 60.0 cm³/mol. The molecule has 0 radical (unpaired) electrons. The maximum absolute atomic E-state index is 5.29. The zero-order valence-corrected chi connectivity index (χ0v) is 13.5. The first-order valence-corrected chi connectivity index (χ1v) is 7.02. The van der Waals surface area contributed by atoms with E-state index in [-0.39, 0.29) is 19.5 Å². The van der Waals surface area contributed by atoms with Gasteiger partial charge in [-0.1, -0.05) is 0 Å². The van der Waals surface area contributed by atoms with Crippen molar-refractivity contribution in [1.29, 1.82) is 0 Å². The van der Waals surface area contributed by atoms with E-state index in [0.717, 1.165) is 52.6 Å². The second-order valence-corrected chi connectivity index (χ2v) is 5.46. The molecule has 0 saturated carbocycles. The summed E-state index contributed by atoms with van der Waals surface area (Å²) in [5.41, 5.74) is 0. The Morgan fingerprint density at radius 3 is 1.33 bits per heavy atom. The number of ether oxygens (including phenoxy) is 2. The topological polar surface area (TPSA) is 24.9 Å². The van der Waals surface area contributed by atoms with Gasteiger partial charge in [0.2, 0.25) is 0 Å². The molecule has 7 heteroatoms. The normalized spacial score (nSPS) is 24.8. The molecule has 0 atom stereocenters. The molecule has 0 unspecified atom stereocenters. The van der Waals surface area contributed by atoms with Crippen molar-refractivity contribution in [3.05, 3.63) is 0 Å². The average Bonchev–Trinajstić information content (AvgIpc) is 2.29. The molecule has 2 heterocycles. The minimum absolute atomic E-state index is 0. The van der Waals surface area contributed by atoms with Gasteiger partial charge in [0, 0.05) is 67.6 Å². The van der Waals surface area contributed by atoms with Crippen LogP contribution in [0.3, 0.4) is 0 Å². The Kier molecular flexibility index (Phi) is 7.86. The second-order valence-electron chi connectivity index (χ2n) is 3.23. The number of morpholine rings is 2. The summed E-state index contributed by atoms with van der Waals surface area (Å²) in [5, 5.41) is 0. The molecule has 0 spiro atoms. The fraction of sp³-hybridized carbons (Fsp3) is 1.00. The minimum Gasteiger partial charge on any atom is -0.379 e. The van der Waals surface area contributed by atoms with Crippen LogP contribution in [0.2, 0.25) is 0 Å². The zero-order valence-electron chi connectivity index (χ0n) is 8.89. The first-order chi connectivity index (χ1) is 6.95. The molecule has 15 heavy (non-hydrogen) atoms. The first kappa shape index (κ1) is 14.2. The van der Waals surface area contributed by atoms with Crippen molar-refractivity contribution in [2.45, 2.75) is 0 Å². The van der Waals surface area contributed by atoms with E-state index in [0.29, 0.717) is 0 Å². The number of nitrogens with zero attached hydrogens (tertiary/aromatic N) is 2. The molecule has 2 aliphatic rings. The number of hydrogen-bond acceptors (Lipinski definition) is 6. The molecule has 0 aromatic carbocycles. The Labute approximate surface area is 112 Å². The van der Waals surface area contributed by atoms with Crippen molar-refractivity contribution < 1.29 is 29.0 Å². The zero-order chi connectivity index (χ0) is 9.64. The Morgan fingerprint density at radius 1 is 0.667 bits per heavy atom. The van der Waals surface area contributed by atoms with Gasteiger partial charge in [0.25, 0.3) is 0 Å². The summed E-state index contributed by atoms with van der Waals surface area (Å²) in [6, 6.07) is 0. The molecule has 0 aromatic rings. The molecule has 0 N–H and O–H groups in total. The summed E-state index contributed by atoms with van der Waals surface area (Å²) in [7, 11) is 3.69. The van der Waals surface area contributed by atoms with Gasteiger partial charge in [-0.25, -0.2) is 8.61 Å². The molecular weight excluding hydrogens is 286 g/mol. The van der Waals surface area contributed by atoms with E-state index in [1.807, 2.05) is 22.0 Å². The van der Waals surface area contributed by atoms with Gasteiger partial charge in [-0.15, -0.1) is 0 Å². The van der Waals surface area contributed by atoms with Gasteiger partial charge >= 0.3 is 0 Å². The maximum atomic E-state index is 5.29. The van der Waals surface area contributed by atoms with Gasteiger partial charge in [0.1, 0.15) is 0 Å². The van der Waals surface area contributed by atoms with Gasteiger partial charge in [-0.2, -0.15) is 0 Å². The van der Waals surface area contributed by atoms with Crippen LogP contribution < -0.4 is 0 Å². The maximum Gasteiger partial charge on any atom is 0.0603 e. The average molecular weight is 302 g/mol. The van der Waals surface area contributed by atoms with E-state index in [9.17, 15) is 0 Å². The third-order valence-corrected chi connectivity index (χ3v) is 4.87. The molecule has 84 valence electrons. The largest absolute Gasteiger partial charge is 0.379 e. The van der Waals surface area contributed by atoms with Crippen molar-refractivity contribution in [3.63, 3.8) is 0 Å². The standard InChI is InChI=1S/C8H16N2O2S2.Zn/c1-5-11-6-2-9(1)13-14-10-3-7-12-8-4-10;/h1-8H2;. The molecule has 0 bridgehead atoms. The van der Waals surface area contributed by atoms with Crippen LogP contribution in [0.4, 0.5) is 0 Å². The van der Waals surface area contributed by atoms with Crippen LogP contribution in [0.1, 0.15) is 0 Å². The van der Waals surface area contributed by atoms with E-state index >= 15 is 0 Å². The fourth-order valence-electron chi connectivity index (χ4n) is 1.34. The molecular formula is C8H16N2O2S2Zn. The van der Waals surface area contributed by atoms with Crippen LogP contribution in [0.25, 0.3) is 0 Å². The van der Waals surface area contributed by atoms with Gasteiger partial charge in [-0.05, 0) is 0 Å². The van der Waals surface area contributed by atoms with Crippen molar-refractivity contribution in [1.82, 2.24) is 8.61 Å². The Bertz CT molecular complexity index is 149. The smallest absolute Gasteiger partial charge is 0.0603 e. The fourth-order valence-corrected chi connectivity index (χ4v) is 3.58. The first-order valence-electron chi connectivity index (χ1n) is 4.95. The Hall–Kier alpha value is 1.16. The van der Waals surface area contributed by atoms with E-state index in [1.54, 1.807) is 0 Å². The van der Waals surface area contributed by atoms with Crippen molar-refractivity contribution in [3.8, 4) is 0 Å². The second kappa shape index (κ2) is 8.28. The number of rotatable bonds is 3. The van der Waals surface area contributed by atoms with Crippen LogP contribution in [0.5, 0.6) is 0 Å². The van der Waals surface area contributed by atoms with Crippen LogP contribution in [0.15, 0.2) is 0 Å². The quantitative estimate of drug-likeness (QED) is 0.436. The number of hydrogen-bond donors (Lipinski definition) is 0. The summed E-state index contributed by atoms with van der Waals surface area (Å²) in [6.07, 6.45) is 0. The molecule has 0 aliphatic carbocycles. The van der Waals surface area contributed by atoms with E-state index in [4.69, 9.17) is 9.47 Å². The van der Waals surface area contributed by atoms with Gasteiger partial charge in [-0.3, -0.25) is 0 Å². The molecule has 4 nitrogen and oxygen atoms in total. The van der Waals surface area contributed by atoms with E-state index < -0.39 is 0 Å². The van der Waals surface area contributed by atoms with Crippen LogP contribution >= 0.6 is 22.0 Å². The molecule has 0 amide bonds. The Morgan fingerprint density at radius 2 is 1.00 bits per heavy atom. The van der Waals surface area contributed by atoms with Gasteiger partial charge in [0.05, 0.1) is 26.4 Å². The molecule has 0 aromatic heterocycles. The van der Waals surface area contributed by atoms with Crippen molar-refractivity contribution >= 4 is 22.0 Å². The van der Waals surface area contributed by atoms with Crippen LogP contribution in [-0.2, 0) is 29.0 Å². The minimum atomic E-state index is 0. The monoisotopic (exact) mass is 300 g/mol. The van der Waals surface area contributed by atoms with Crippen molar-refractivity contribution in [2.75, 3.05) is 52.6 Å². The summed E-state index contributed by atoms with van der Waals surface area (Å²) < 4.78 is 15.3. The molecule has 2 aliphatic heterocycles. The predicted octanol–water partition coefficient (Wildman–Crippen LogP) is 0.860. The molecule has 2 fully saturated rings. The van der Waals surface area contributed by atoms with Crippen LogP contribution in [-0.4, -0.2) is 61.2 Å². The van der Waals surface area contributed by atoms with Gasteiger partial charge < -0.3 is 9.47 Å². The Balaban J connectivity index is 0.00000112. The summed E-state index contributed by atoms with van der Waals surface area (Å²) >= 11 is 0. The molecule has 2 saturated heterocycles. The third kappa shape index (κ3) is 5.35.